The molecule has 0 aromatic rings. The van der Waals surface area contributed by atoms with E-state index in [1.807, 2.05) is 8.93 Å². The molecule has 2 N–H and O–H groups in total. The largest absolute Gasteiger partial charge is 0.628 e. The molecule has 0 saturated heterocycles. The first-order chi connectivity index (χ1) is 5.91. The standard InChI is InChI=1S/C5H9NO5P2/c7-4(8)1-6(2-5(9)10)3-13(11)12/h3H,1-2,12H2,(H,7,8)(H,9,10). The summed E-state index contributed by atoms with van der Waals surface area (Å²) in [4.78, 5) is 32.0. The molecule has 0 spiro atoms. The molecule has 6 nitrogen and oxygen atoms in total. The molecule has 0 aliphatic heterocycles. The third-order valence-corrected chi connectivity index (χ3v) is 1.91. The molecule has 13 heavy (non-hydrogen) atoms. The smallest absolute Gasteiger partial charge is 0.318 e. The molecule has 2 unspecified atom stereocenters. The van der Waals surface area contributed by atoms with Gasteiger partial charge in [-0.1, -0.05) is 0 Å². The summed E-state index contributed by atoms with van der Waals surface area (Å²) in [6.45, 7) is -0.941. The SMILES string of the molecule is O=C(O)CN(C=[P+]([O-])P)CC(=O)O. The summed E-state index contributed by atoms with van der Waals surface area (Å²) in [6.07, 6.45) is 0. The lowest BCUT2D eigenvalue weighted by atomic mass is 10.5. The Hall–Kier alpha value is -0.540. The van der Waals surface area contributed by atoms with Crippen molar-refractivity contribution in [2.75, 3.05) is 13.1 Å². The lowest BCUT2D eigenvalue weighted by Gasteiger charge is -2.09. The molecule has 0 heterocycles. The van der Waals surface area contributed by atoms with Gasteiger partial charge in [-0.05, 0) is 0 Å². The summed E-state index contributed by atoms with van der Waals surface area (Å²) in [7, 11) is 0.191. The fourth-order valence-corrected chi connectivity index (χ4v) is 1.70. The van der Waals surface area contributed by atoms with Gasteiger partial charge >= 0.3 is 11.9 Å². The van der Waals surface area contributed by atoms with E-state index < -0.39 is 32.5 Å². The van der Waals surface area contributed by atoms with Gasteiger partial charge in [-0.15, -0.1) is 0 Å². The van der Waals surface area contributed by atoms with Crippen molar-refractivity contribution in [1.29, 1.82) is 0 Å². The fourth-order valence-electron chi connectivity index (χ4n) is 0.646. The Balaban J connectivity index is 4.27. The maximum atomic E-state index is 10.6. The first-order valence-electron chi connectivity index (χ1n) is 3.15. The molecule has 0 fully saturated rings. The predicted molar refractivity (Wildman–Crippen MR) is 49.5 cm³/mol. The molecule has 0 aromatic carbocycles. The molecule has 0 aromatic heterocycles. The summed E-state index contributed by atoms with van der Waals surface area (Å²) < 4.78 is 0. The number of carbonyl (C=O) groups is 2. The molecule has 0 amide bonds. The van der Waals surface area contributed by atoms with E-state index in [0.29, 0.717) is 0 Å². The van der Waals surface area contributed by atoms with Crippen LogP contribution in [0.5, 0.6) is 0 Å². The van der Waals surface area contributed by atoms with Gasteiger partial charge in [-0.3, -0.25) is 9.59 Å². The second kappa shape index (κ2) is 6.00. The predicted octanol–water partition coefficient (Wildman–Crippen LogP) is -1.24. The Bertz CT molecular complexity index is 221. The van der Waals surface area contributed by atoms with E-state index in [0.717, 1.165) is 10.8 Å². The molecule has 0 aliphatic carbocycles. The van der Waals surface area contributed by atoms with E-state index in [-0.39, 0.29) is 0 Å². The van der Waals surface area contributed by atoms with Crippen molar-refractivity contribution in [2.45, 2.75) is 0 Å². The van der Waals surface area contributed by atoms with Crippen molar-refractivity contribution in [3.63, 3.8) is 0 Å². The number of rotatable bonds is 5. The zero-order valence-corrected chi connectivity index (χ0v) is 8.63. The first-order valence-corrected chi connectivity index (χ1v) is 6.10. The van der Waals surface area contributed by atoms with E-state index in [2.05, 4.69) is 0 Å². The lowest BCUT2D eigenvalue weighted by Crippen LogP contribution is -2.33. The van der Waals surface area contributed by atoms with Crippen LogP contribution in [0.4, 0.5) is 0 Å². The molecule has 0 aliphatic rings. The summed E-state index contributed by atoms with van der Waals surface area (Å²) in [5.41, 5.74) is 0. The van der Waals surface area contributed by atoms with Crippen LogP contribution in [-0.2, 0) is 9.59 Å². The van der Waals surface area contributed by atoms with Crippen molar-refractivity contribution < 1.29 is 24.7 Å². The molecule has 0 rings (SSSR count). The second-order valence-electron chi connectivity index (χ2n) is 2.17. The maximum Gasteiger partial charge on any atom is 0.318 e. The minimum atomic E-state index is -1.76. The molecular weight excluding hydrogens is 216 g/mol. The van der Waals surface area contributed by atoms with E-state index in [1.54, 1.807) is 0 Å². The van der Waals surface area contributed by atoms with Crippen LogP contribution in [-0.4, -0.2) is 46.1 Å². The van der Waals surface area contributed by atoms with Crippen LogP contribution in [0.2, 0.25) is 0 Å². The van der Waals surface area contributed by atoms with Crippen LogP contribution in [0.3, 0.4) is 0 Å². The summed E-state index contributed by atoms with van der Waals surface area (Å²) in [6, 6.07) is 0. The van der Waals surface area contributed by atoms with Gasteiger partial charge in [0, 0.05) is 0 Å². The Morgan fingerprint density at radius 3 is 2.00 bits per heavy atom. The third-order valence-electron chi connectivity index (χ3n) is 0.954. The Morgan fingerprint density at radius 1 is 1.38 bits per heavy atom. The average molecular weight is 225 g/mol. The Labute approximate surface area is 77.7 Å². The minimum Gasteiger partial charge on any atom is -0.628 e. The van der Waals surface area contributed by atoms with E-state index in [4.69, 9.17) is 10.2 Å². The van der Waals surface area contributed by atoms with Crippen molar-refractivity contribution in [3.05, 3.63) is 0 Å². The monoisotopic (exact) mass is 225 g/mol. The van der Waals surface area contributed by atoms with Crippen molar-refractivity contribution >= 4 is 34.2 Å². The minimum absolute atomic E-state index is 0.470. The summed E-state index contributed by atoms with van der Waals surface area (Å²) in [5.74, 6) is -1.26. The van der Waals surface area contributed by atoms with Crippen LogP contribution < -0.4 is 4.89 Å². The van der Waals surface area contributed by atoms with Crippen molar-refractivity contribution in [1.82, 2.24) is 4.90 Å². The zero-order valence-electron chi connectivity index (χ0n) is 6.58. The molecule has 0 saturated carbocycles. The zero-order chi connectivity index (χ0) is 10.4. The highest BCUT2D eigenvalue weighted by Gasteiger charge is 2.12. The van der Waals surface area contributed by atoms with Gasteiger partial charge in [0.05, 0.1) is 16.4 Å². The molecule has 0 radical (unpaired) electrons. The maximum absolute atomic E-state index is 10.6. The number of nitrogens with zero attached hydrogens (tertiary/aromatic N) is 1. The number of carboxylic acids is 2. The number of hydrogen-bond acceptors (Lipinski definition) is 3. The number of aliphatic carboxylic acids is 2. The quantitative estimate of drug-likeness (QED) is 0.568. The molecular formula is C5H9NO5P2. The van der Waals surface area contributed by atoms with E-state index in [9.17, 15) is 14.5 Å². The highest BCUT2D eigenvalue weighted by atomic mass is 32.0. The van der Waals surface area contributed by atoms with Gasteiger partial charge in [0.15, 0.2) is 5.92 Å². The normalized spacial score (nSPS) is 11.8. The van der Waals surface area contributed by atoms with E-state index in [1.165, 1.54) is 0 Å². The summed E-state index contributed by atoms with van der Waals surface area (Å²) >= 11 is 0. The van der Waals surface area contributed by atoms with Gasteiger partial charge < -0.3 is 15.1 Å². The van der Waals surface area contributed by atoms with Gasteiger partial charge in [0.25, 0.3) is 0 Å². The van der Waals surface area contributed by atoms with E-state index >= 15 is 0 Å². The average Bonchev–Trinajstić information content (AvgIpc) is 1.80. The second-order valence-corrected chi connectivity index (χ2v) is 4.65. The summed E-state index contributed by atoms with van der Waals surface area (Å²) in [5, 5.41) is 16.7. The Morgan fingerprint density at radius 2 is 1.77 bits per heavy atom. The van der Waals surface area contributed by atoms with Gasteiger partial charge in [0.2, 0.25) is 0 Å². The lowest BCUT2D eigenvalue weighted by molar-refractivity contribution is -0.147. The van der Waals surface area contributed by atoms with Crippen molar-refractivity contribution in [2.24, 2.45) is 0 Å². The van der Waals surface area contributed by atoms with Crippen LogP contribution in [0.15, 0.2) is 0 Å². The van der Waals surface area contributed by atoms with Crippen LogP contribution >= 0.6 is 16.4 Å². The van der Waals surface area contributed by atoms with Crippen LogP contribution in [0.25, 0.3) is 0 Å². The Kier molecular flexibility index (Phi) is 5.75. The molecule has 2 atom stereocenters. The van der Waals surface area contributed by atoms with Gasteiger partial charge in [0.1, 0.15) is 13.1 Å². The first kappa shape index (κ1) is 12.5. The van der Waals surface area contributed by atoms with Gasteiger partial charge in [-0.25, -0.2) is 4.90 Å². The molecule has 74 valence electrons. The van der Waals surface area contributed by atoms with Gasteiger partial charge in [-0.2, -0.15) is 0 Å². The number of carboxylic acid groups (broad SMARTS) is 2. The van der Waals surface area contributed by atoms with Crippen molar-refractivity contribution in [3.8, 4) is 0 Å². The molecule has 0 bridgehead atoms. The number of hydrogen-bond donors (Lipinski definition) is 2. The highest BCUT2D eigenvalue weighted by Crippen LogP contribution is 2.19. The molecule has 8 heteroatoms. The fraction of sp³-hybridized carbons (Fsp3) is 0.400. The van der Waals surface area contributed by atoms with Crippen LogP contribution in [0, 0.1) is 0 Å². The van der Waals surface area contributed by atoms with Crippen LogP contribution in [0.1, 0.15) is 0 Å². The topological polar surface area (TPSA) is 101 Å². The highest BCUT2D eigenvalue weighted by molar-refractivity contribution is 8.08. The third kappa shape index (κ3) is 7.81.